The molecule has 1 saturated heterocycles. The van der Waals surface area contributed by atoms with E-state index in [0.717, 1.165) is 12.1 Å². The molecule has 0 spiro atoms. The monoisotopic (exact) mass is 348 g/mol. The normalized spacial score (nSPS) is 17.1. The molecule has 1 fully saturated rings. The zero-order chi connectivity index (χ0) is 17.7. The molecule has 1 aromatic rings. The molecule has 1 aromatic carbocycles. The fourth-order valence-electron chi connectivity index (χ4n) is 2.87. The van der Waals surface area contributed by atoms with Crippen LogP contribution in [-0.2, 0) is 6.42 Å². The first-order valence-corrected chi connectivity index (χ1v) is 7.85. The number of benzene rings is 1. The third-order valence-electron chi connectivity index (χ3n) is 4.35. The van der Waals surface area contributed by atoms with E-state index in [1.807, 2.05) is 0 Å². The second-order valence-corrected chi connectivity index (χ2v) is 5.90. The summed E-state index contributed by atoms with van der Waals surface area (Å²) >= 11 is 0. The first-order valence-electron chi connectivity index (χ1n) is 7.85. The Balaban J connectivity index is 1.73. The summed E-state index contributed by atoms with van der Waals surface area (Å²) in [5.41, 5.74) is -0.354. The minimum absolute atomic E-state index is 0.0102. The van der Waals surface area contributed by atoms with E-state index >= 15 is 0 Å². The van der Waals surface area contributed by atoms with Crippen LogP contribution >= 0.6 is 0 Å². The lowest BCUT2D eigenvalue weighted by Gasteiger charge is -2.31. The minimum Gasteiger partial charge on any atom is -0.465 e. The predicted molar refractivity (Wildman–Crippen MR) is 80.1 cm³/mol. The van der Waals surface area contributed by atoms with Crippen molar-refractivity contribution in [1.29, 1.82) is 0 Å². The number of alkyl halides is 1. The molecule has 1 amide bonds. The van der Waals surface area contributed by atoms with Crippen molar-refractivity contribution in [3.63, 3.8) is 0 Å². The number of halogens is 4. The molecule has 24 heavy (non-hydrogen) atoms. The number of carboxylic acid groups (broad SMARTS) is 1. The van der Waals surface area contributed by atoms with Crippen molar-refractivity contribution in [1.82, 2.24) is 10.2 Å². The maximum Gasteiger partial charge on any atom is 0.407 e. The number of amides is 1. The zero-order valence-electron chi connectivity index (χ0n) is 13.1. The summed E-state index contributed by atoms with van der Waals surface area (Å²) in [6, 6.07) is 1.59. The molecular weight excluding hydrogens is 328 g/mol. The second kappa shape index (κ2) is 8.32. The van der Waals surface area contributed by atoms with Crippen LogP contribution in [0.25, 0.3) is 0 Å². The maximum atomic E-state index is 14.1. The Morgan fingerprint density at radius 1 is 1.25 bits per heavy atom. The highest BCUT2D eigenvalue weighted by Gasteiger charge is 2.28. The average molecular weight is 348 g/mol. The molecule has 0 unspecified atom stereocenters. The summed E-state index contributed by atoms with van der Waals surface area (Å²) in [7, 11) is 0. The van der Waals surface area contributed by atoms with E-state index in [0.29, 0.717) is 25.9 Å². The Kier molecular flexibility index (Phi) is 6.42. The highest BCUT2D eigenvalue weighted by molar-refractivity contribution is 5.64. The van der Waals surface area contributed by atoms with Gasteiger partial charge in [-0.25, -0.2) is 22.4 Å². The number of nitrogens with zero attached hydrogens (tertiary/aromatic N) is 1. The van der Waals surface area contributed by atoms with Crippen LogP contribution in [0, 0.1) is 23.4 Å². The fraction of sp³-hybridized carbons (Fsp3) is 0.562. The predicted octanol–water partition coefficient (Wildman–Crippen LogP) is 2.96. The van der Waals surface area contributed by atoms with Gasteiger partial charge in [-0.3, -0.25) is 0 Å². The standard InChI is InChI=1S/C16H20F4N2O2/c17-12-1-2-13(18)15(20)11(12)3-6-21-9-14(19)10-4-7-22(8-5-10)16(23)24/h1-2,10,14,21H,3-9H2,(H,23,24)/t14-/m1/s1. The first-order chi connectivity index (χ1) is 11.4. The lowest BCUT2D eigenvalue weighted by atomic mass is 9.92. The SMILES string of the molecule is O=C(O)N1CCC([C@H](F)CNCCc2c(F)ccc(F)c2F)CC1. The van der Waals surface area contributed by atoms with Gasteiger partial charge in [0, 0.05) is 25.2 Å². The van der Waals surface area contributed by atoms with E-state index in [2.05, 4.69) is 5.32 Å². The fourth-order valence-corrected chi connectivity index (χ4v) is 2.87. The van der Waals surface area contributed by atoms with Gasteiger partial charge in [0.05, 0.1) is 0 Å². The Bertz CT molecular complexity index is 577. The lowest BCUT2D eigenvalue weighted by Crippen LogP contribution is -2.42. The average Bonchev–Trinajstić information content (AvgIpc) is 2.57. The largest absolute Gasteiger partial charge is 0.465 e. The summed E-state index contributed by atoms with van der Waals surface area (Å²) in [6.45, 7) is 0.738. The zero-order valence-corrected chi connectivity index (χ0v) is 13.1. The molecule has 1 heterocycles. The number of likely N-dealkylation sites (tertiary alicyclic amines) is 1. The molecule has 0 bridgehead atoms. The van der Waals surface area contributed by atoms with Crippen LogP contribution in [0.1, 0.15) is 18.4 Å². The summed E-state index contributed by atoms with van der Waals surface area (Å²) in [6.07, 6.45) is -1.35. The minimum atomic E-state index is -1.21. The molecule has 0 aliphatic carbocycles. The van der Waals surface area contributed by atoms with Crippen LogP contribution in [0.3, 0.4) is 0 Å². The third kappa shape index (κ3) is 4.59. The van der Waals surface area contributed by atoms with E-state index in [-0.39, 0.29) is 31.0 Å². The topological polar surface area (TPSA) is 52.6 Å². The van der Waals surface area contributed by atoms with Gasteiger partial charge in [0.2, 0.25) is 0 Å². The summed E-state index contributed by atoms with van der Waals surface area (Å²) in [4.78, 5) is 12.0. The van der Waals surface area contributed by atoms with Gasteiger partial charge in [0.1, 0.15) is 12.0 Å². The highest BCUT2D eigenvalue weighted by atomic mass is 19.2. The second-order valence-electron chi connectivity index (χ2n) is 5.90. The van der Waals surface area contributed by atoms with E-state index in [1.54, 1.807) is 0 Å². The Labute approximate surface area is 137 Å². The number of carbonyl (C=O) groups is 1. The van der Waals surface area contributed by atoms with E-state index in [1.165, 1.54) is 4.90 Å². The van der Waals surface area contributed by atoms with Gasteiger partial charge in [-0.15, -0.1) is 0 Å². The Hall–Kier alpha value is -1.83. The number of nitrogens with one attached hydrogen (secondary N) is 1. The lowest BCUT2D eigenvalue weighted by molar-refractivity contribution is 0.100. The van der Waals surface area contributed by atoms with Gasteiger partial charge in [0.15, 0.2) is 11.6 Å². The molecule has 4 nitrogen and oxygen atoms in total. The molecule has 2 N–H and O–H groups in total. The van der Waals surface area contributed by atoms with Crippen molar-refractivity contribution >= 4 is 6.09 Å². The van der Waals surface area contributed by atoms with Crippen molar-refractivity contribution in [3.05, 3.63) is 35.1 Å². The van der Waals surface area contributed by atoms with Crippen molar-refractivity contribution in [2.75, 3.05) is 26.2 Å². The molecule has 134 valence electrons. The van der Waals surface area contributed by atoms with Gasteiger partial charge in [-0.2, -0.15) is 0 Å². The molecule has 0 aromatic heterocycles. The van der Waals surface area contributed by atoms with Crippen LogP contribution in [0.2, 0.25) is 0 Å². The van der Waals surface area contributed by atoms with E-state index in [4.69, 9.17) is 5.11 Å². The number of hydrogen-bond acceptors (Lipinski definition) is 2. The molecule has 8 heteroatoms. The molecule has 0 radical (unpaired) electrons. The van der Waals surface area contributed by atoms with Crippen LogP contribution in [0.15, 0.2) is 12.1 Å². The smallest absolute Gasteiger partial charge is 0.407 e. The van der Waals surface area contributed by atoms with E-state index in [9.17, 15) is 22.4 Å². The Morgan fingerprint density at radius 3 is 2.50 bits per heavy atom. The number of hydrogen-bond donors (Lipinski definition) is 2. The van der Waals surface area contributed by atoms with Gasteiger partial charge in [-0.05, 0) is 43.9 Å². The molecular formula is C16H20F4N2O2. The summed E-state index contributed by atoms with van der Waals surface area (Å²) in [5, 5.41) is 11.6. The molecule has 0 saturated carbocycles. The number of piperidine rings is 1. The Morgan fingerprint density at radius 2 is 1.88 bits per heavy atom. The van der Waals surface area contributed by atoms with Gasteiger partial charge < -0.3 is 15.3 Å². The molecule has 2 rings (SSSR count). The third-order valence-corrected chi connectivity index (χ3v) is 4.35. The van der Waals surface area contributed by atoms with E-state index < -0.39 is 29.7 Å². The highest BCUT2D eigenvalue weighted by Crippen LogP contribution is 2.22. The maximum absolute atomic E-state index is 14.1. The van der Waals surface area contributed by atoms with Crippen molar-refractivity contribution < 1.29 is 27.5 Å². The van der Waals surface area contributed by atoms with Crippen molar-refractivity contribution in [3.8, 4) is 0 Å². The van der Waals surface area contributed by atoms with Gasteiger partial charge >= 0.3 is 6.09 Å². The van der Waals surface area contributed by atoms with Gasteiger partial charge in [0.25, 0.3) is 0 Å². The summed E-state index contributed by atoms with van der Waals surface area (Å²) < 4.78 is 54.1. The summed E-state index contributed by atoms with van der Waals surface area (Å²) in [5.74, 6) is -3.39. The number of rotatable bonds is 6. The van der Waals surface area contributed by atoms with Crippen molar-refractivity contribution in [2.45, 2.75) is 25.4 Å². The molecule has 1 atom stereocenters. The molecule has 1 aliphatic rings. The van der Waals surface area contributed by atoms with Crippen LogP contribution in [-0.4, -0.2) is 48.5 Å². The van der Waals surface area contributed by atoms with Crippen LogP contribution < -0.4 is 5.32 Å². The van der Waals surface area contributed by atoms with Crippen molar-refractivity contribution in [2.24, 2.45) is 5.92 Å². The first kappa shape index (κ1) is 18.5. The van der Waals surface area contributed by atoms with Crippen LogP contribution in [0.5, 0.6) is 0 Å². The van der Waals surface area contributed by atoms with Crippen LogP contribution in [0.4, 0.5) is 22.4 Å². The van der Waals surface area contributed by atoms with Gasteiger partial charge in [-0.1, -0.05) is 0 Å². The quantitative estimate of drug-likeness (QED) is 0.472. The molecule has 1 aliphatic heterocycles.